The van der Waals surface area contributed by atoms with Gasteiger partial charge in [0.15, 0.2) is 5.41 Å². The number of halogens is 3. The first-order chi connectivity index (χ1) is 9.76. The summed E-state index contributed by atoms with van der Waals surface area (Å²) >= 11 is 0. The summed E-state index contributed by atoms with van der Waals surface area (Å²) in [5.74, 6) is -1.93. The van der Waals surface area contributed by atoms with Gasteiger partial charge >= 0.3 is 18.2 Å². The molecular formula is C13H17F3N2O3. The van der Waals surface area contributed by atoms with Crippen LogP contribution >= 0.6 is 0 Å². The Bertz CT molecular complexity index is 464. The predicted molar refractivity (Wildman–Crippen MR) is 67.6 cm³/mol. The molecule has 1 heterocycles. The minimum Gasteiger partial charge on any atom is -0.481 e. The molecule has 2 N–H and O–H groups in total. The largest absolute Gasteiger partial charge is 0.481 e. The molecule has 0 aromatic heterocycles. The van der Waals surface area contributed by atoms with Gasteiger partial charge in [-0.1, -0.05) is 12.2 Å². The number of nitrogens with one attached hydrogen (secondary N) is 1. The van der Waals surface area contributed by atoms with Crippen molar-refractivity contribution in [3.8, 4) is 0 Å². The van der Waals surface area contributed by atoms with Crippen molar-refractivity contribution in [3.05, 3.63) is 12.2 Å². The number of nitrogens with zero attached hydrogens (tertiary/aromatic N) is 1. The van der Waals surface area contributed by atoms with E-state index >= 15 is 0 Å². The van der Waals surface area contributed by atoms with E-state index in [0.717, 1.165) is 17.7 Å². The van der Waals surface area contributed by atoms with E-state index < -0.39 is 36.6 Å². The number of carboxylic acid groups (broad SMARTS) is 1. The fraction of sp³-hybridized carbons (Fsp3) is 0.692. The Balaban J connectivity index is 2.02. The molecule has 2 aliphatic rings. The number of rotatable bonds is 2. The molecule has 1 aliphatic carbocycles. The minimum atomic E-state index is -4.87. The summed E-state index contributed by atoms with van der Waals surface area (Å²) in [7, 11) is 0. The normalized spacial score (nSPS) is 29.5. The van der Waals surface area contributed by atoms with Crippen molar-refractivity contribution in [2.45, 2.75) is 37.9 Å². The Labute approximate surface area is 119 Å². The van der Waals surface area contributed by atoms with Crippen LogP contribution in [0.25, 0.3) is 0 Å². The molecule has 5 nitrogen and oxygen atoms in total. The van der Waals surface area contributed by atoms with Gasteiger partial charge < -0.3 is 15.3 Å². The summed E-state index contributed by atoms with van der Waals surface area (Å²) in [6.07, 6.45) is 0.605. The van der Waals surface area contributed by atoms with Gasteiger partial charge in [0.25, 0.3) is 0 Å². The number of likely N-dealkylation sites (tertiary alicyclic amines) is 1. The third-order valence-corrected chi connectivity index (χ3v) is 4.11. The van der Waals surface area contributed by atoms with Crippen LogP contribution in [0.1, 0.15) is 25.7 Å². The fourth-order valence-electron chi connectivity index (χ4n) is 2.70. The molecule has 0 aromatic carbocycles. The molecule has 2 unspecified atom stereocenters. The molecule has 0 radical (unpaired) electrons. The van der Waals surface area contributed by atoms with Crippen molar-refractivity contribution < 1.29 is 27.9 Å². The smallest absolute Gasteiger partial charge is 0.406 e. The molecule has 2 atom stereocenters. The number of aliphatic carboxylic acids is 1. The number of amides is 2. The molecule has 2 amide bonds. The minimum absolute atomic E-state index is 0.104. The van der Waals surface area contributed by atoms with E-state index in [1.165, 1.54) is 0 Å². The van der Waals surface area contributed by atoms with Gasteiger partial charge in [0.1, 0.15) is 0 Å². The first kappa shape index (κ1) is 15.7. The van der Waals surface area contributed by atoms with Gasteiger partial charge in [0, 0.05) is 19.1 Å². The summed E-state index contributed by atoms with van der Waals surface area (Å²) in [6, 6.07) is -0.726. The molecule has 0 bridgehead atoms. The van der Waals surface area contributed by atoms with E-state index in [2.05, 4.69) is 5.32 Å². The van der Waals surface area contributed by atoms with Crippen LogP contribution in [0.5, 0.6) is 0 Å². The Morgan fingerprint density at radius 2 is 2.05 bits per heavy atom. The molecule has 2 rings (SSSR count). The van der Waals surface area contributed by atoms with E-state index in [9.17, 15) is 22.8 Å². The van der Waals surface area contributed by atoms with Crippen LogP contribution in [0.2, 0.25) is 0 Å². The average molecular weight is 306 g/mol. The zero-order valence-corrected chi connectivity index (χ0v) is 11.3. The lowest BCUT2D eigenvalue weighted by Gasteiger charge is -2.28. The standard InChI is InChI=1S/C13H17F3N2O3/c14-13(15,16)12(10(19)20)6-7-18(8-12)11(21)17-9-4-2-1-3-5-9/h1-2,9H,3-8H2,(H,17,21)(H,19,20). The zero-order valence-electron chi connectivity index (χ0n) is 11.3. The fourth-order valence-corrected chi connectivity index (χ4v) is 2.70. The number of carboxylic acids is 1. The van der Waals surface area contributed by atoms with E-state index in [4.69, 9.17) is 5.11 Å². The van der Waals surface area contributed by atoms with Crippen LogP contribution in [0, 0.1) is 5.41 Å². The van der Waals surface area contributed by atoms with Crippen LogP contribution < -0.4 is 5.32 Å². The molecule has 1 aliphatic heterocycles. The second-order valence-electron chi connectivity index (χ2n) is 5.49. The molecule has 1 fully saturated rings. The summed E-state index contributed by atoms with van der Waals surface area (Å²) in [4.78, 5) is 24.0. The highest BCUT2D eigenvalue weighted by molar-refractivity contribution is 5.80. The van der Waals surface area contributed by atoms with Gasteiger partial charge in [0.05, 0.1) is 0 Å². The van der Waals surface area contributed by atoms with Gasteiger partial charge in [-0.25, -0.2) is 4.79 Å². The highest BCUT2D eigenvalue weighted by Gasteiger charge is 2.64. The average Bonchev–Trinajstić information content (AvgIpc) is 2.86. The van der Waals surface area contributed by atoms with Gasteiger partial charge in [-0.2, -0.15) is 13.2 Å². The van der Waals surface area contributed by atoms with E-state index in [1.807, 2.05) is 12.2 Å². The van der Waals surface area contributed by atoms with Crippen LogP contribution in [-0.2, 0) is 4.79 Å². The second-order valence-corrected chi connectivity index (χ2v) is 5.49. The Hall–Kier alpha value is -1.73. The quantitative estimate of drug-likeness (QED) is 0.768. The number of carbonyl (C=O) groups excluding carboxylic acids is 1. The number of alkyl halides is 3. The van der Waals surface area contributed by atoms with Gasteiger partial charge in [0.2, 0.25) is 0 Å². The molecule has 21 heavy (non-hydrogen) atoms. The highest BCUT2D eigenvalue weighted by Crippen LogP contribution is 2.45. The van der Waals surface area contributed by atoms with Crippen LogP contribution in [-0.4, -0.2) is 47.3 Å². The maximum atomic E-state index is 13.0. The molecule has 1 saturated heterocycles. The van der Waals surface area contributed by atoms with Crippen molar-refractivity contribution in [1.82, 2.24) is 10.2 Å². The predicted octanol–water partition coefficient (Wildman–Crippen LogP) is 2.14. The maximum Gasteiger partial charge on any atom is 0.406 e. The summed E-state index contributed by atoms with van der Waals surface area (Å²) in [6.45, 7) is -1.04. The molecular weight excluding hydrogens is 289 g/mol. The number of urea groups is 1. The highest BCUT2D eigenvalue weighted by atomic mass is 19.4. The van der Waals surface area contributed by atoms with E-state index in [1.54, 1.807) is 0 Å². The van der Waals surface area contributed by atoms with Crippen molar-refractivity contribution in [3.63, 3.8) is 0 Å². The summed E-state index contributed by atoms with van der Waals surface area (Å²) in [5.41, 5.74) is -2.85. The topological polar surface area (TPSA) is 69.6 Å². The Morgan fingerprint density at radius 3 is 2.52 bits per heavy atom. The van der Waals surface area contributed by atoms with E-state index in [0.29, 0.717) is 6.42 Å². The van der Waals surface area contributed by atoms with Crippen molar-refractivity contribution in [1.29, 1.82) is 0 Å². The summed E-state index contributed by atoms with van der Waals surface area (Å²) in [5, 5.41) is 11.6. The van der Waals surface area contributed by atoms with Crippen molar-refractivity contribution >= 4 is 12.0 Å². The second kappa shape index (κ2) is 5.57. The molecule has 8 heteroatoms. The molecule has 0 saturated carbocycles. The van der Waals surface area contributed by atoms with Gasteiger partial charge in [-0.15, -0.1) is 0 Å². The van der Waals surface area contributed by atoms with Gasteiger partial charge in [-0.3, -0.25) is 4.79 Å². The lowest BCUT2D eigenvalue weighted by atomic mass is 9.86. The number of allylic oxidation sites excluding steroid dienone is 1. The monoisotopic (exact) mass is 306 g/mol. The third-order valence-electron chi connectivity index (χ3n) is 4.11. The lowest BCUT2D eigenvalue weighted by Crippen LogP contribution is -2.50. The van der Waals surface area contributed by atoms with Crippen LogP contribution in [0.3, 0.4) is 0 Å². The number of hydrogen-bond donors (Lipinski definition) is 2. The lowest BCUT2D eigenvalue weighted by molar-refractivity contribution is -0.226. The maximum absolute atomic E-state index is 13.0. The van der Waals surface area contributed by atoms with Crippen molar-refractivity contribution in [2.75, 3.05) is 13.1 Å². The van der Waals surface area contributed by atoms with Crippen molar-refractivity contribution in [2.24, 2.45) is 5.41 Å². The number of carbonyl (C=O) groups is 2. The van der Waals surface area contributed by atoms with Crippen LogP contribution in [0.4, 0.5) is 18.0 Å². The Morgan fingerprint density at radius 1 is 1.33 bits per heavy atom. The number of hydrogen-bond acceptors (Lipinski definition) is 2. The molecule has 118 valence electrons. The van der Waals surface area contributed by atoms with Gasteiger partial charge in [-0.05, 0) is 25.7 Å². The van der Waals surface area contributed by atoms with Crippen LogP contribution in [0.15, 0.2) is 12.2 Å². The first-order valence-electron chi connectivity index (χ1n) is 6.77. The molecule has 0 aromatic rings. The van der Waals surface area contributed by atoms with E-state index in [-0.39, 0.29) is 12.6 Å². The summed E-state index contributed by atoms with van der Waals surface area (Å²) < 4.78 is 39.0. The first-order valence-corrected chi connectivity index (χ1v) is 6.77. The molecule has 0 spiro atoms. The zero-order chi connectivity index (χ0) is 15.7. The third kappa shape index (κ3) is 2.98. The SMILES string of the molecule is O=C(NC1CC=CCC1)N1CCC(C(=O)O)(C(F)(F)F)C1. The Kier molecular flexibility index (Phi) is 4.15.